The number of rotatable bonds is 5. The number of benzene rings is 1. The summed E-state index contributed by atoms with van der Waals surface area (Å²) in [7, 11) is -1.31. The van der Waals surface area contributed by atoms with Gasteiger partial charge in [-0.05, 0) is 24.3 Å². The predicted octanol–water partition coefficient (Wildman–Crippen LogP) is 1.92. The van der Waals surface area contributed by atoms with Crippen LogP contribution in [0.2, 0.25) is 0 Å². The molecule has 2 N–H and O–H groups in total. The molecule has 2 aromatic rings. The van der Waals surface area contributed by atoms with Crippen LogP contribution in [0.5, 0.6) is 0 Å². The van der Waals surface area contributed by atoms with Gasteiger partial charge in [-0.2, -0.15) is 0 Å². The molecule has 0 aliphatic carbocycles. The van der Waals surface area contributed by atoms with E-state index in [0.717, 1.165) is 18.3 Å². The molecule has 1 aromatic carbocycles. The second kappa shape index (κ2) is 6.40. The van der Waals surface area contributed by atoms with E-state index >= 15 is 0 Å². The molecule has 0 saturated carbocycles. The first-order chi connectivity index (χ1) is 11.1. The monoisotopic (exact) mass is 357 g/mol. The van der Waals surface area contributed by atoms with Crippen LogP contribution in [0, 0.1) is 11.6 Å². The number of nitrogens with one attached hydrogen (secondary N) is 1. The normalized spacial score (nSPS) is 11.2. The molecule has 0 spiro atoms. The molecule has 0 saturated heterocycles. The van der Waals surface area contributed by atoms with Gasteiger partial charge in [0.1, 0.15) is 27.9 Å². The third-order valence-corrected chi connectivity index (χ3v) is 4.35. The molecular formula is C14H13F2N3O4S. The zero-order valence-electron chi connectivity index (χ0n) is 12.6. The fourth-order valence-corrected chi connectivity index (χ4v) is 3.04. The molecule has 0 aliphatic rings. The minimum atomic E-state index is -4.45. The number of pyridine rings is 1. The van der Waals surface area contributed by atoms with Crippen LogP contribution in [0.25, 0.3) is 0 Å². The molecule has 0 radical (unpaired) electrons. The number of sulfonamides is 1. The second-order valence-electron chi connectivity index (χ2n) is 4.97. The van der Waals surface area contributed by atoms with Crippen LogP contribution in [0.15, 0.2) is 35.4 Å². The summed E-state index contributed by atoms with van der Waals surface area (Å²) in [6, 6.07) is 3.03. The molecule has 2 rings (SSSR count). The number of hydrogen-bond acceptors (Lipinski definition) is 5. The van der Waals surface area contributed by atoms with Gasteiger partial charge in [-0.15, -0.1) is 0 Å². The van der Waals surface area contributed by atoms with E-state index < -0.39 is 32.5 Å². The van der Waals surface area contributed by atoms with Crippen molar-refractivity contribution in [1.82, 2.24) is 4.98 Å². The number of aromatic carboxylic acids is 1. The fourth-order valence-electron chi connectivity index (χ4n) is 1.92. The van der Waals surface area contributed by atoms with Crippen molar-refractivity contribution in [2.75, 3.05) is 23.7 Å². The number of nitrogens with zero attached hydrogens (tertiary/aromatic N) is 2. The van der Waals surface area contributed by atoms with Crippen molar-refractivity contribution in [3.8, 4) is 0 Å². The predicted molar refractivity (Wildman–Crippen MR) is 82.7 cm³/mol. The Morgan fingerprint density at radius 3 is 2.50 bits per heavy atom. The Labute approximate surface area is 136 Å². The number of carbonyl (C=O) groups is 1. The summed E-state index contributed by atoms with van der Waals surface area (Å²) in [4.78, 5) is 15.7. The van der Waals surface area contributed by atoms with Gasteiger partial charge < -0.3 is 10.0 Å². The maximum Gasteiger partial charge on any atom is 0.339 e. The number of hydrogen-bond donors (Lipinski definition) is 2. The zero-order chi connectivity index (χ0) is 18.1. The van der Waals surface area contributed by atoms with Crippen LogP contribution in [0.4, 0.5) is 20.3 Å². The molecular weight excluding hydrogens is 344 g/mol. The molecule has 0 unspecified atom stereocenters. The van der Waals surface area contributed by atoms with Gasteiger partial charge in [0.25, 0.3) is 10.0 Å². The van der Waals surface area contributed by atoms with Crippen molar-refractivity contribution in [3.63, 3.8) is 0 Å². The summed E-state index contributed by atoms with van der Waals surface area (Å²) < 4.78 is 53.1. The Hall–Kier alpha value is -2.75. The molecule has 0 bridgehead atoms. The summed E-state index contributed by atoms with van der Waals surface area (Å²) >= 11 is 0. The van der Waals surface area contributed by atoms with E-state index in [2.05, 4.69) is 4.98 Å². The lowest BCUT2D eigenvalue weighted by atomic mass is 10.2. The first kappa shape index (κ1) is 17.6. The van der Waals surface area contributed by atoms with Crippen LogP contribution in [-0.4, -0.2) is 38.6 Å². The van der Waals surface area contributed by atoms with Crippen molar-refractivity contribution in [2.45, 2.75) is 4.90 Å². The van der Waals surface area contributed by atoms with E-state index in [1.807, 2.05) is 4.72 Å². The molecule has 1 aromatic heterocycles. The average molecular weight is 357 g/mol. The highest BCUT2D eigenvalue weighted by atomic mass is 32.2. The average Bonchev–Trinajstić information content (AvgIpc) is 2.48. The number of halogens is 2. The van der Waals surface area contributed by atoms with Crippen LogP contribution in [0.1, 0.15) is 10.4 Å². The zero-order valence-corrected chi connectivity index (χ0v) is 13.4. The Morgan fingerprint density at radius 1 is 1.25 bits per heavy atom. The van der Waals surface area contributed by atoms with Gasteiger partial charge in [-0.1, -0.05) is 0 Å². The highest BCUT2D eigenvalue weighted by Crippen LogP contribution is 2.23. The van der Waals surface area contributed by atoms with E-state index in [4.69, 9.17) is 0 Å². The third kappa shape index (κ3) is 3.59. The molecule has 1 heterocycles. The van der Waals surface area contributed by atoms with Gasteiger partial charge in [0.15, 0.2) is 0 Å². The molecule has 0 aliphatic heterocycles. The van der Waals surface area contributed by atoms with E-state index in [-0.39, 0.29) is 17.1 Å². The van der Waals surface area contributed by atoms with Crippen molar-refractivity contribution >= 4 is 27.5 Å². The van der Waals surface area contributed by atoms with E-state index in [9.17, 15) is 27.1 Å². The van der Waals surface area contributed by atoms with E-state index in [0.29, 0.717) is 12.1 Å². The van der Waals surface area contributed by atoms with Gasteiger partial charge in [-0.3, -0.25) is 4.72 Å². The minimum Gasteiger partial charge on any atom is -0.478 e. The molecule has 24 heavy (non-hydrogen) atoms. The Bertz CT molecular complexity index is 901. The molecule has 10 heteroatoms. The second-order valence-corrected chi connectivity index (χ2v) is 6.63. The maximum absolute atomic E-state index is 13.6. The summed E-state index contributed by atoms with van der Waals surface area (Å²) in [5, 5.41) is 9.18. The van der Waals surface area contributed by atoms with Crippen molar-refractivity contribution in [3.05, 3.63) is 47.7 Å². The van der Waals surface area contributed by atoms with Crippen molar-refractivity contribution in [2.24, 2.45) is 0 Å². The molecule has 128 valence electrons. The SMILES string of the molecule is CN(C)c1ncc(NS(=O)(=O)c2cc(F)ccc2F)cc1C(=O)O. The lowest BCUT2D eigenvalue weighted by Gasteiger charge is -2.15. The maximum atomic E-state index is 13.6. The Kier molecular flexibility index (Phi) is 4.69. The Morgan fingerprint density at radius 2 is 1.92 bits per heavy atom. The highest BCUT2D eigenvalue weighted by Gasteiger charge is 2.22. The van der Waals surface area contributed by atoms with Gasteiger partial charge in [0.2, 0.25) is 0 Å². The summed E-state index contributed by atoms with van der Waals surface area (Å²) in [6.07, 6.45) is 1.08. The van der Waals surface area contributed by atoms with Crippen LogP contribution < -0.4 is 9.62 Å². The van der Waals surface area contributed by atoms with E-state index in [1.54, 1.807) is 14.1 Å². The number of aromatic nitrogens is 1. The summed E-state index contributed by atoms with van der Waals surface area (Å²) in [6.45, 7) is 0. The smallest absolute Gasteiger partial charge is 0.339 e. The van der Waals surface area contributed by atoms with Crippen LogP contribution in [-0.2, 0) is 10.0 Å². The van der Waals surface area contributed by atoms with Crippen LogP contribution >= 0.6 is 0 Å². The van der Waals surface area contributed by atoms with Gasteiger partial charge >= 0.3 is 5.97 Å². The molecule has 0 fully saturated rings. The van der Waals surface area contributed by atoms with Gasteiger partial charge in [0.05, 0.1) is 11.9 Å². The number of carboxylic acid groups (broad SMARTS) is 1. The first-order valence-corrected chi connectivity index (χ1v) is 7.98. The van der Waals surface area contributed by atoms with Crippen molar-refractivity contribution in [1.29, 1.82) is 0 Å². The fraction of sp³-hybridized carbons (Fsp3) is 0.143. The summed E-state index contributed by atoms with van der Waals surface area (Å²) in [5.41, 5.74) is -0.443. The minimum absolute atomic E-state index is 0.113. The number of carboxylic acids is 1. The third-order valence-electron chi connectivity index (χ3n) is 2.96. The standard InChI is InChI=1S/C14H13F2N3O4S/c1-19(2)13-10(14(20)21)6-9(7-17-13)18-24(22,23)12-5-8(15)3-4-11(12)16/h3-7,18H,1-2H3,(H,20,21). The molecule has 0 amide bonds. The van der Waals surface area contributed by atoms with Gasteiger partial charge in [0, 0.05) is 14.1 Å². The lowest BCUT2D eigenvalue weighted by molar-refractivity contribution is 0.0697. The lowest BCUT2D eigenvalue weighted by Crippen LogP contribution is -2.18. The topological polar surface area (TPSA) is 99.6 Å². The summed E-state index contributed by atoms with van der Waals surface area (Å²) in [5.74, 6) is -3.27. The number of anilines is 2. The largest absolute Gasteiger partial charge is 0.478 e. The Balaban J connectivity index is 2.45. The van der Waals surface area contributed by atoms with Crippen molar-refractivity contribution < 1.29 is 27.1 Å². The van der Waals surface area contributed by atoms with E-state index in [1.165, 1.54) is 4.90 Å². The first-order valence-electron chi connectivity index (χ1n) is 6.50. The van der Waals surface area contributed by atoms with Gasteiger partial charge in [-0.25, -0.2) is 27.0 Å². The quantitative estimate of drug-likeness (QED) is 0.848. The molecule has 7 nitrogen and oxygen atoms in total. The van der Waals surface area contributed by atoms with Crippen LogP contribution in [0.3, 0.4) is 0 Å². The molecule has 0 atom stereocenters. The highest BCUT2D eigenvalue weighted by molar-refractivity contribution is 7.92.